The summed E-state index contributed by atoms with van der Waals surface area (Å²) < 4.78 is 0. The largest absolute Gasteiger partial charge is 0.733 e. The van der Waals surface area contributed by atoms with E-state index in [9.17, 15) is 5.21 Å². The van der Waals surface area contributed by atoms with E-state index in [1.165, 1.54) is 18.2 Å². The normalized spacial score (nSPS) is 9.13. The molecule has 0 saturated heterocycles. The number of hydrogen-bond acceptors (Lipinski definition) is 5. The lowest BCUT2D eigenvalue weighted by Crippen LogP contribution is -2.22. The van der Waals surface area contributed by atoms with E-state index in [-0.39, 0.29) is 22.9 Å². The zero-order chi connectivity index (χ0) is 11.4. The molecule has 5 N–H and O–H groups in total. The molecule has 1 aromatic rings. The minimum Gasteiger partial charge on any atom is -0.733 e. The molecular weight excluding hydrogens is 198 g/mol. The highest BCUT2D eigenvalue weighted by molar-refractivity contribution is 5.82. The van der Waals surface area contributed by atoms with Crippen molar-refractivity contribution >= 4 is 17.3 Å². The van der Waals surface area contributed by atoms with E-state index in [0.29, 0.717) is 0 Å². The van der Waals surface area contributed by atoms with Gasteiger partial charge in [0.25, 0.3) is 0 Å². The first-order chi connectivity index (χ1) is 7.04. The Bertz CT molecular complexity index is 431. The fourth-order valence-electron chi connectivity index (χ4n) is 0.980. The molecule has 0 aromatic heterocycles. The summed E-state index contributed by atoms with van der Waals surface area (Å²) in [5, 5.41) is 27.7. The highest BCUT2D eigenvalue weighted by Gasteiger charge is 2.04. The van der Waals surface area contributed by atoms with Gasteiger partial charge in [0.15, 0.2) is 5.96 Å². The molecule has 0 bridgehead atoms. The van der Waals surface area contributed by atoms with Gasteiger partial charge >= 0.3 is 0 Å². The van der Waals surface area contributed by atoms with Crippen LogP contribution in [-0.2, 0) is 0 Å². The van der Waals surface area contributed by atoms with Crippen molar-refractivity contribution in [3.8, 4) is 6.07 Å². The van der Waals surface area contributed by atoms with Crippen LogP contribution in [0.3, 0.4) is 0 Å². The van der Waals surface area contributed by atoms with Gasteiger partial charge in [-0.25, -0.2) is 4.99 Å². The Morgan fingerprint density at radius 2 is 2.20 bits per heavy atom. The van der Waals surface area contributed by atoms with Gasteiger partial charge in [-0.05, 0) is 18.2 Å². The predicted molar refractivity (Wildman–Crippen MR) is 54.3 cm³/mol. The fourth-order valence-corrected chi connectivity index (χ4v) is 0.980. The highest BCUT2D eigenvalue weighted by atomic mass is 16.8. The lowest BCUT2D eigenvalue weighted by molar-refractivity contribution is 0.297. The molecule has 1 rings (SSSR count). The molecule has 0 aliphatic heterocycles. The summed E-state index contributed by atoms with van der Waals surface area (Å²) in [7, 11) is 0. The summed E-state index contributed by atoms with van der Waals surface area (Å²) in [6.07, 6.45) is 0. The van der Waals surface area contributed by atoms with Gasteiger partial charge in [-0.2, -0.15) is 5.26 Å². The summed E-state index contributed by atoms with van der Waals surface area (Å²) in [5.41, 5.74) is 10.4. The number of nitriles is 1. The monoisotopic (exact) mass is 206 g/mol. The van der Waals surface area contributed by atoms with Crippen LogP contribution in [0.15, 0.2) is 23.2 Å². The van der Waals surface area contributed by atoms with E-state index in [1.54, 1.807) is 0 Å². The molecule has 0 aliphatic rings. The van der Waals surface area contributed by atoms with Crippen LogP contribution >= 0.6 is 0 Å². The van der Waals surface area contributed by atoms with Crippen LogP contribution in [0, 0.1) is 16.5 Å². The molecule has 15 heavy (non-hydrogen) atoms. The van der Waals surface area contributed by atoms with E-state index in [0.717, 1.165) is 0 Å². The van der Waals surface area contributed by atoms with Gasteiger partial charge in [0.1, 0.15) is 0 Å². The summed E-state index contributed by atoms with van der Waals surface area (Å²) in [5.74, 6) is -0.247. The summed E-state index contributed by atoms with van der Waals surface area (Å²) in [6.45, 7) is 0. The van der Waals surface area contributed by atoms with Crippen molar-refractivity contribution in [1.29, 1.82) is 5.26 Å². The Balaban J connectivity index is 3.29. The molecule has 0 aliphatic carbocycles. The number of benzene rings is 1. The first kappa shape index (κ1) is 10.8. The Hall–Kier alpha value is -2.30. The van der Waals surface area contributed by atoms with E-state index < -0.39 is 5.23 Å². The molecule has 7 nitrogen and oxygen atoms in total. The van der Waals surface area contributed by atoms with E-state index in [2.05, 4.69) is 4.99 Å². The van der Waals surface area contributed by atoms with Gasteiger partial charge in [-0.1, -0.05) is 0 Å². The number of nitrogens with two attached hydrogens (primary N) is 2. The van der Waals surface area contributed by atoms with Crippen LogP contribution in [0.2, 0.25) is 0 Å². The van der Waals surface area contributed by atoms with Crippen molar-refractivity contribution in [3.05, 3.63) is 29.0 Å². The minimum atomic E-state index is -0.400. The van der Waals surface area contributed by atoms with E-state index in [1.807, 2.05) is 6.07 Å². The van der Waals surface area contributed by atoms with Gasteiger partial charge in [-0.3, -0.25) is 5.21 Å². The Morgan fingerprint density at radius 3 is 2.67 bits per heavy atom. The summed E-state index contributed by atoms with van der Waals surface area (Å²) >= 11 is 0. The second-order valence-corrected chi connectivity index (χ2v) is 2.62. The highest BCUT2D eigenvalue weighted by Crippen LogP contribution is 2.28. The van der Waals surface area contributed by atoms with Gasteiger partial charge < -0.3 is 21.9 Å². The zero-order valence-electron chi connectivity index (χ0n) is 7.58. The SMILES string of the molecule is N#Cc1ccc(N=C(N)N)c(N([O-])O)c1. The topological polar surface area (TPSA) is 135 Å². The van der Waals surface area contributed by atoms with Gasteiger partial charge in [0, 0.05) is 0 Å². The zero-order valence-corrected chi connectivity index (χ0v) is 7.58. The molecule has 0 heterocycles. The maximum Gasteiger partial charge on any atom is 0.191 e. The number of hydrogen-bond donors (Lipinski definition) is 3. The average molecular weight is 206 g/mol. The molecule has 0 radical (unpaired) electrons. The van der Waals surface area contributed by atoms with Crippen LogP contribution in [0.5, 0.6) is 0 Å². The summed E-state index contributed by atoms with van der Waals surface area (Å²) in [6, 6.07) is 5.77. The molecule has 7 heteroatoms. The molecule has 1 aromatic carbocycles. The van der Waals surface area contributed by atoms with Gasteiger partial charge in [0.2, 0.25) is 0 Å². The lowest BCUT2D eigenvalue weighted by Gasteiger charge is -2.23. The Morgan fingerprint density at radius 1 is 1.53 bits per heavy atom. The lowest BCUT2D eigenvalue weighted by atomic mass is 10.2. The van der Waals surface area contributed by atoms with Crippen molar-refractivity contribution in [3.63, 3.8) is 0 Å². The molecule has 0 spiro atoms. The molecule has 0 saturated carbocycles. The first-order valence-electron chi connectivity index (χ1n) is 3.84. The third kappa shape index (κ3) is 2.57. The maximum absolute atomic E-state index is 10.7. The van der Waals surface area contributed by atoms with Gasteiger partial charge in [0.05, 0.1) is 23.0 Å². The van der Waals surface area contributed by atoms with Crippen LogP contribution < -0.4 is 16.7 Å². The predicted octanol–water partition coefficient (Wildman–Crippen LogP) is 0.157. The van der Waals surface area contributed by atoms with E-state index in [4.69, 9.17) is 21.9 Å². The Kier molecular flexibility index (Phi) is 3.07. The summed E-state index contributed by atoms with van der Waals surface area (Å²) in [4.78, 5) is 3.62. The first-order valence-corrected chi connectivity index (χ1v) is 3.84. The maximum atomic E-state index is 10.7. The molecule has 0 fully saturated rings. The third-order valence-electron chi connectivity index (χ3n) is 1.56. The standard InChI is InChI=1S/C8H8N5O2/c9-4-5-1-2-6(12-8(10)11)7(3-5)13(14)15/h1-3,14H,(H4,10,11,12)/q-1. The average Bonchev–Trinajstić information content (AvgIpc) is 2.17. The quantitative estimate of drug-likeness (QED) is 0.358. The van der Waals surface area contributed by atoms with Crippen molar-refractivity contribution in [2.45, 2.75) is 0 Å². The van der Waals surface area contributed by atoms with Crippen molar-refractivity contribution < 1.29 is 5.21 Å². The van der Waals surface area contributed by atoms with E-state index >= 15 is 0 Å². The number of guanidine groups is 1. The number of anilines is 1. The van der Waals surface area contributed by atoms with Crippen molar-refractivity contribution in [1.82, 2.24) is 0 Å². The number of aliphatic imine (C=N–C) groups is 1. The second kappa shape index (κ2) is 4.28. The Labute approximate surface area is 85.4 Å². The third-order valence-corrected chi connectivity index (χ3v) is 1.56. The fraction of sp³-hybridized carbons (Fsp3) is 0. The van der Waals surface area contributed by atoms with Crippen molar-refractivity contribution in [2.75, 3.05) is 5.23 Å². The second-order valence-electron chi connectivity index (χ2n) is 2.62. The molecular formula is C8H8N5O2-. The van der Waals surface area contributed by atoms with Crippen LogP contribution in [0.4, 0.5) is 11.4 Å². The van der Waals surface area contributed by atoms with Crippen LogP contribution in [-0.4, -0.2) is 11.2 Å². The van der Waals surface area contributed by atoms with Crippen molar-refractivity contribution in [2.24, 2.45) is 16.5 Å². The number of nitrogens with zero attached hydrogens (tertiary/aromatic N) is 3. The number of rotatable bonds is 2. The van der Waals surface area contributed by atoms with Gasteiger partial charge in [-0.15, -0.1) is 0 Å². The minimum absolute atomic E-state index is 0.0894. The molecule has 0 unspecified atom stereocenters. The molecule has 78 valence electrons. The van der Waals surface area contributed by atoms with Crippen LogP contribution in [0.1, 0.15) is 5.56 Å². The van der Waals surface area contributed by atoms with Crippen LogP contribution in [0.25, 0.3) is 0 Å². The molecule has 0 amide bonds. The smallest absolute Gasteiger partial charge is 0.191 e. The molecule has 0 atom stereocenters.